The van der Waals surface area contributed by atoms with E-state index in [4.69, 9.17) is 4.74 Å². The maximum absolute atomic E-state index is 15.2. The summed E-state index contributed by atoms with van der Waals surface area (Å²) in [7, 11) is 3.41. The van der Waals surface area contributed by atoms with Crippen LogP contribution in [0, 0.1) is 5.82 Å². The number of nitrogens with zero attached hydrogens (tertiary/aromatic N) is 2. The SMILES string of the molecule is CN[C@H]1CCN(c2c(F)cc3c(=O)c4c(=O)[nH]sc4n(C4CC4)c3c2OC)C1.Cl. The van der Waals surface area contributed by atoms with E-state index in [9.17, 15) is 9.59 Å². The Hall–Kier alpha value is -2.10. The van der Waals surface area contributed by atoms with E-state index in [1.54, 1.807) is 0 Å². The van der Waals surface area contributed by atoms with E-state index >= 15 is 4.39 Å². The molecular formula is C19H22ClFN4O3S. The van der Waals surface area contributed by atoms with Crippen molar-refractivity contribution in [2.24, 2.45) is 0 Å². The molecule has 1 saturated carbocycles. The summed E-state index contributed by atoms with van der Waals surface area (Å²) in [5.74, 6) is -0.120. The second kappa shape index (κ2) is 7.30. The smallest absolute Gasteiger partial charge is 0.271 e. The number of aromatic nitrogens is 2. The van der Waals surface area contributed by atoms with E-state index in [1.807, 2.05) is 16.5 Å². The summed E-state index contributed by atoms with van der Waals surface area (Å²) in [6, 6.07) is 1.74. The number of halogens is 2. The van der Waals surface area contributed by atoms with Crippen LogP contribution in [-0.2, 0) is 0 Å². The van der Waals surface area contributed by atoms with Gasteiger partial charge in [0.1, 0.15) is 15.9 Å². The van der Waals surface area contributed by atoms with Crippen molar-refractivity contribution in [3.63, 3.8) is 0 Å². The van der Waals surface area contributed by atoms with Crippen LogP contribution < -0.4 is 25.9 Å². The second-order valence-corrected chi connectivity index (χ2v) is 8.30. The number of aromatic amines is 1. The number of anilines is 1. The number of benzene rings is 1. The molecule has 1 aliphatic heterocycles. The lowest BCUT2D eigenvalue weighted by atomic mass is 10.1. The van der Waals surface area contributed by atoms with Gasteiger partial charge in [-0.15, -0.1) is 12.4 Å². The minimum absolute atomic E-state index is 0. The molecule has 1 aromatic carbocycles. The number of methoxy groups -OCH3 is 1. The molecule has 7 nitrogen and oxygen atoms in total. The van der Waals surface area contributed by atoms with Gasteiger partial charge in [0.15, 0.2) is 11.6 Å². The van der Waals surface area contributed by atoms with Crippen molar-refractivity contribution >= 4 is 50.7 Å². The summed E-state index contributed by atoms with van der Waals surface area (Å²) in [4.78, 5) is 27.8. The number of likely N-dealkylation sites (N-methyl/N-ethyl adjacent to an activating group) is 1. The zero-order chi connectivity index (χ0) is 19.6. The van der Waals surface area contributed by atoms with Crippen molar-refractivity contribution in [3.05, 3.63) is 32.5 Å². The highest BCUT2D eigenvalue weighted by molar-refractivity contribution is 7.12. The quantitative estimate of drug-likeness (QED) is 0.652. The Morgan fingerprint density at radius 1 is 1.31 bits per heavy atom. The normalized spacial score (nSPS) is 19.1. The molecule has 3 aromatic rings. The Morgan fingerprint density at radius 3 is 2.69 bits per heavy atom. The molecule has 0 spiro atoms. The molecule has 156 valence electrons. The highest BCUT2D eigenvalue weighted by Gasteiger charge is 2.34. The summed E-state index contributed by atoms with van der Waals surface area (Å²) in [5, 5.41) is 3.54. The first-order chi connectivity index (χ1) is 13.5. The van der Waals surface area contributed by atoms with Crippen molar-refractivity contribution in [1.29, 1.82) is 0 Å². The minimum Gasteiger partial charge on any atom is -0.492 e. The largest absolute Gasteiger partial charge is 0.492 e. The van der Waals surface area contributed by atoms with Crippen LogP contribution in [-0.4, -0.2) is 42.2 Å². The van der Waals surface area contributed by atoms with Gasteiger partial charge in [-0.3, -0.25) is 14.0 Å². The molecular weight excluding hydrogens is 419 g/mol. The fourth-order valence-electron chi connectivity index (χ4n) is 4.29. The molecule has 2 aliphatic rings. The Labute approximate surface area is 176 Å². The third-order valence-electron chi connectivity index (χ3n) is 5.82. The van der Waals surface area contributed by atoms with E-state index in [2.05, 4.69) is 9.69 Å². The lowest BCUT2D eigenvalue weighted by molar-refractivity contribution is 0.414. The second-order valence-electron chi connectivity index (χ2n) is 7.50. The summed E-state index contributed by atoms with van der Waals surface area (Å²) >= 11 is 1.16. The first-order valence-electron chi connectivity index (χ1n) is 9.43. The van der Waals surface area contributed by atoms with Crippen molar-refractivity contribution in [2.45, 2.75) is 31.3 Å². The molecule has 0 unspecified atom stereocenters. The van der Waals surface area contributed by atoms with E-state index in [0.29, 0.717) is 34.9 Å². The monoisotopic (exact) mass is 440 g/mol. The molecule has 2 aromatic heterocycles. The third kappa shape index (κ3) is 2.94. The Bertz CT molecular complexity index is 1220. The number of fused-ring (bicyclic) bond motifs is 2. The maximum Gasteiger partial charge on any atom is 0.271 e. The predicted molar refractivity (Wildman–Crippen MR) is 116 cm³/mol. The third-order valence-corrected chi connectivity index (χ3v) is 6.71. The molecule has 29 heavy (non-hydrogen) atoms. The number of hydrogen-bond donors (Lipinski definition) is 2. The highest BCUT2D eigenvalue weighted by Crippen LogP contribution is 2.45. The van der Waals surface area contributed by atoms with Crippen molar-refractivity contribution < 1.29 is 9.13 Å². The lowest BCUT2D eigenvalue weighted by Crippen LogP contribution is -2.30. The molecule has 10 heteroatoms. The average molecular weight is 441 g/mol. The molecule has 1 aliphatic carbocycles. The first-order valence-corrected chi connectivity index (χ1v) is 10.2. The Balaban J connectivity index is 0.00000205. The zero-order valence-corrected chi connectivity index (χ0v) is 17.7. The summed E-state index contributed by atoms with van der Waals surface area (Å²) in [5.41, 5.74) is 0.120. The van der Waals surface area contributed by atoms with Crippen molar-refractivity contribution in [3.8, 4) is 5.75 Å². The van der Waals surface area contributed by atoms with Crippen LogP contribution in [0.15, 0.2) is 15.7 Å². The first kappa shape index (κ1) is 20.2. The van der Waals surface area contributed by atoms with Gasteiger partial charge in [-0.25, -0.2) is 4.39 Å². The molecule has 1 saturated heterocycles. The number of hydrogen-bond acceptors (Lipinski definition) is 6. The summed E-state index contributed by atoms with van der Waals surface area (Å²) in [6.45, 7) is 1.38. The fourth-order valence-corrected chi connectivity index (χ4v) is 5.20. The highest BCUT2D eigenvalue weighted by atomic mass is 35.5. The summed E-state index contributed by atoms with van der Waals surface area (Å²) in [6.07, 6.45) is 2.83. The van der Waals surface area contributed by atoms with Crippen LogP contribution in [0.2, 0.25) is 0 Å². The lowest BCUT2D eigenvalue weighted by Gasteiger charge is -2.24. The van der Waals surface area contributed by atoms with Crippen LogP contribution in [0.4, 0.5) is 10.1 Å². The molecule has 0 bridgehead atoms. The van der Waals surface area contributed by atoms with Crippen LogP contribution in [0.5, 0.6) is 5.75 Å². The molecule has 0 amide bonds. The van der Waals surface area contributed by atoms with Crippen LogP contribution in [0.1, 0.15) is 25.3 Å². The van der Waals surface area contributed by atoms with Gasteiger partial charge in [0.2, 0.25) is 5.43 Å². The maximum atomic E-state index is 15.2. The fraction of sp³-hybridized carbons (Fsp3) is 0.474. The van der Waals surface area contributed by atoms with E-state index in [1.165, 1.54) is 13.2 Å². The van der Waals surface area contributed by atoms with Gasteiger partial charge < -0.3 is 19.5 Å². The Kier molecular flexibility index (Phi) is 5.08. The van der Waals surface area contributed by atoms with Gasteiger partial charge in [-0.2, -0.15) is 0 Å². The van der Waals surface area contributed by atoms with Crippen LogP contribution in [0.3, 0.4) is 0 Å². The van der Waals surface area contributed by atoms with Gasteiger partial charge in [0.05, 0.1) is 18.0 Å². The number of H-pyrrole nitrogens is 1. The van der Waals surface area contributed by atoms with E-state index in [-0.39, 0.29) is 35.3 Å². The van der Waals surface area contributed by atoms with Gasteiger partial charge >= 0.3 is 0 Å². The van der Waals surface area contributed by atoms with Crippen molar-refractivity contribution in [2.75, 3.05) is 32.1 Å². The number of pyridine rings is 1. The minimum atomic E-state index is -0.494. The molecule has 1 atom stereocenters. The van der Waals surface area contributed by atoms with Crippen LogP contribution >= 0.6 is 23.9 Å². The number of nitrogens with one attached hydrogen (secondary N) is 2. The van der Waals surface area contributed by atoms with Gasteiger partial charge in [-0.05, 0) is 43.9 Å². The molecule has 3 heterocycles. The zero-order valence-electron chi connectivity index (χ0n) is 16.1. The predicted octanol–water partition coefficient (Wildman–Crippen LogP) is 2.61. The summed E-state index contributed by atoms with van der Waals surface area (Å²) < 4.78 is 25.6. The van der Waals surface area contributed by atoms with Gasteiger partial charge in [0.25, 0.3) is 5.56 Å². The van der Waals surface area contributed by atoms with Crippen molar-refractivity contribution in [1.82, 2.24) is 14.3 Å². The molecule has 0 radical (unpaired) electrons. The van der Waals surface area contributed by atoms with Gasteiger partial charge in [-0.1, -0.05) is 0 Å². The molecule has 2 fully saturated rings. The number of ether oxygens (including phenoxy) is 1. The van der Waals surface area contributed by atoms with Gasteiger partial charge in [0, 0.05) is 25.2 Å². The van der Waals surface area contributed by atoms with Crippen LogP contribution in [0.25, 0.3) is 21.1 Å². The van der Waals surface area contributed by atoms with E-state index < -0.39 is 16.8 Å². The topological polar surface area (TPSA) is 79.4 Å². The Morgan fingerprint density at radius 2 is 2.07 bits per heavy atom. The van der Waals surface area contributed by atoms with E-state index in [0.717, 1.165) is 30.8 Å². The molecule has 2 N–H and O–H groups in total. The molecule has 5 rings (SSSR count). The standard InChI is InChI=1S/C19H21FN4O3S.ClH/c1-21-9-5-6-23(8-9)15-12(20)7-11-14(17(15)27-2)24(10-3-4-10)19-13(16(11)25)18(26)22-28-19;/h7,9-10,21H,3-6,8H2,1-2H3,(H,22,26);1H/t9-;/m0./s1. The number of rotatable bonds is 4. The average Bonchev–Trinajstić information content (AvgIpc) is 3.28.